The molecule has 0 amide bonds. The predicted molar refractivity (Wildman–Crippen MR) is 204 cm³/mol. The second-order valence-corrected chi connectivity index (χ2v) is 16.2. The summed E-state index contributed by atoms with van der Waals surface area (Å²) in [6.45, 7) is 0. The van der Waals surface area contributed by atoms with Crippen LogP contribution in [0.4, 0.5) is 0 Å². The molecule has 6 aromatic carbocycles. The van der Waals surface area contributed by atoms with Crippen molar-refractivity contribution in [3.63, 3.8) is 0 Å². The van der Waals surface area contributed by atoms with Crippen LogP contribution in [-0.4, -0.2) is 10.2 Å². The molecule has 16 heteroatoms. The maximum atomic E-state index is 8.25. The summed E-state index contributed by atoms with van der Waals surface area (Å²) in [5.74, 6) is 0. The minimum absolute atomic E-state index is 0. The number of hydrogen-bond acceptors (Lipinski definition) is 9. The zero-order valence-electron chi connectivity index (χ0n) is 27.1. The van der Waals surface area contributed by atoms with Crippen molar-refractivity contribution in [2.75, 3.05) is 0 Å². The summed E-state index contributed by atoms with van der Waals surface area (Å²) in [6, 6.07) is 65.7. The van der Waals surface area contributed by atoms with Gasteiger partial charge in [0.1, 0.15) is 34.2 Å². The number of rotatable bonds is 7. The Morgan fingerprint density at radius 2 is 0.577 bits per heavy atom. The number of benzene rings is 6. The van der Waals surface area contributed by atoms with Crippen LogP contribution in [0.2, 0.25) is 0 Å². The Labute approximate surface area is 310 Å². The second-order valence-electron chi connectivity index (χ2n) is 9.82. The first kappa shape index (κ1) is 44.1. The molecule has 266 valence electrons. The van der Waals surface area contributed by atoms with Gasteiger partial charge in [-0.3, -0.25) is 0 Å². The average molecular weight is 778 g/mol. The fourth-order valence-electron chi connectivity index (χ4n) is 5.27. The van der Waals surface area contributed by atoms with E-state index in [1.54, 1.807) is 0 Å². The summed E-state index contributed by atoms with van der Waals surface area (Å²) >= 11 is 0. The van der Waals surface area contributed by atoms with E-state index in [9.17, 15) is 0 Å². The molecule has 13 nitrogen and oxygen atoms in total. The molecule has 52 heavy (non-hydrogen) atoms. The topological polar surface area (TPSA) is 224 Å². The largest absolute Gasteiger partial charge is 0.356 e. The molecule has 0 saturated heterocycles. The first-order valence-electron chi connectivity index (χ1n) is 14.7. The van der Waals surface area contributed by atoms with E-state index in [4.69, 9.17) is 56.2 Å². The maximum Gasteiger partial charge on any atom is 0.228 e. The Hall–Kier alpha value is -5.90. The summed E-state index contributed by atoms with van der Waals surface area (Å²) in [7, 11) is -4.99. The van der Waals surface area contributed by atoms with Crippen molar-refractivity contribution in [1.29, 1.82) is 0 Å². The molecule has 0 N–H and O–H groups in total. The van der Waals surface area contributed by atoms with Gasteiger partial charge in [0.25, 0.3) is 0 Å². The van der Waals surface area contributed by atoms with Crippen LogP contribution in [0.3, 0.4) is 0 Å². The van der Waals surface area contributed by atoms with Gasteiger partial charge in [-0.2, -0.15) is 0 Å². The Bertz CT molecular complexity index is 1730. The van der Waals surface area contributed by atoms with E-state index in [2.05, 4.69) is 182 Å². The zero-order valence-corrected chi connectivity index (χ0v) is 30.0. The fraction of sp³-hybridized carbons (Fsp3) is 0. The molecule has 2 radical (unpaired) electrons. The molecule has 0 saturated carbocycles. The van der Waals surface area contributed by atoms with Gasteiger partial charge >= 0.3 is 0 Å². The van der Waals surface area contributed by atoms with Gasteiger partial charge in [-0.1, -0.05) is 146 Å². The molecular weight excluding hydrogens is 748 g/mol. The molecule has 0 spiro atoms. The van der Waals surface area contributed by atoms with Gasteiger partial charge in [0.15, 0.2) is 0 Å². The normalized spacial score (nSPS) is 9.77. The summed E-state index contributed by atoms with van der Waals surface area (Å²) in [4.78, 5) is 31.0. The smallest absolute Gasteiger partial charge is 0.228 e. The van der Waals surface area contributed by atoms with E-state index in [0.29, 0.717) is 0 Å². The third kappa shape index (κ3) is 11.6. The van der Waals surface area contributed by atoms with Crippen LogP contribution in [-0.2, 0) is 17.1 Å². The third-order valence-electron chi connectivity index (χ3n) is 7.05. The molecule has 0 aliphatic heterocycles. The summed E-state index contributed by atoms with van der Waals surface area (Å²) in [5, 5.41) is 37.1. The predicted octanol–water partition coefficient (Wildman–Crippen LogP) is 5.70. The van der Waals surface area contributed by atoms with Crippen molar-refractivity contribution >= 4 is 46.3 Å². The third-order valence-corrected chi connectivity index (χ3v) is 15.5. The molecule has 6 rings (SSSR count). The van der Waals surface area contributed by atoms with Crippen LogP contribution in [0, 0.1) is 40.5 Å². The second kappa shape index (κ2) is 23.5. The Balaban J connectivity index is 0.000000923. The minimum atomic E-state index is -2.50. The van der Waals surface area contributed by atoms with Gasteiger partial charge in [0.05, 0.1) is 10.2 Å². The fourth-order valence-corrected chi connectivity index (χ4v) is 14.8. The molecule has 0 atom stereocenters. The standard InChI is InChI=1S/C36H30NP2.Fe.2NO3.2NO/c1-7-19-31(20-8-1)38(32-21-9-2-10-22-32,33-23-11-3-12-24-33)37-39(34-25-13-4-14-26-34,35-27-15-5-16-28-35)36-29-17-6-18-30-36;;2*2-1(3)4;2*1-2/h1-30H;;;;;/q+1;;2*-1;;. The van der Waals surface area contributed by atoms with E-state index in [-0.39, 0.29) is 17.1 Å². The zero-order chi connectivity index (χ0) is 37.5. The number of nitroso groups, excluding NO2 is 2. The molecule has 0 fully saturated rings. The van der Waals surface area contributed by atoms with Gasteiger partial charge in [-0.05, 0) is 36.4 Å². The minimum Gasteiger partial charge on any atom is -0.356 e. The molecular formula is C36H30FeN5O8P2-. The van der Waals surface area contributed by atoms with Crippen LogP contribution in [0.25, 0.3) is 0 Å². The van der Waals surface area contributed by atoms with Crippen molar-refractivity contribution in [2.24, 2.45) is 4.52 Å². The summed E-state index contributed by atoms with van der Waals surface area (Å²) in [5.41, 5.74) is 11.5. The molecule has 0 unspecified atom stereocenters. The van der Waals surface area contributed by atoms with Gasteiger partial charge < -0.3 is 30.6 Å². The quantitative estimate of drug-likeness (QED) is 0.0844. The van der Waals surface area contributed by atoms with Crippen molar-refractivity contribution in [3.8, 4) is 0 Å². The monoisotopic (exact) mass is 778 g/mol. The van der Waals surface area contributed by atoms with E-state index < -0.39 is 24.6 Å². The van der Waals surface area contributed by atoms with Gasteiger partial charge in [-0.15, -0.1) is 14.3 Å². The maximum absolute atomic E-state index is 8.25. The van der Waals surface area contributed by atoms with Crippen LogP contribution >= 0.6 is 14.5 Å². The Morgan fingerprint density at radius 3 is 0.769 bits per heavy atom. The van der Waals surface area contributed by atoms with Crippen LogP contribution < -0.4 is 43.0 Å². The molecule has 0 heterocycles. The molecule has 6 aromatic rings. The summed E-state index contributed by atoms with van der Waals surface area (Å²) < 4.78 is 6.38. The molecule has 0 aromatic heterocycles. The van der Waals surface area contributed by atoms with Crippen molar-refractivity contribution in [2.45, 2.75) is 0 Å². The Kier molecular flexibility index (Phi) is 19.9. The van der Waals surface area contributed by atoms with E-state index in [1.165, 1.54) is 31.8 Å². The van der Waals surface area contributed by atoms with Gasteiger partial charge in [0.2, 0.25) is 7.41 Å². The van der Waals surface area contributed by atoms with Crippen LogP contribution in [0.1, 0.15) is 0 Å². The molecule has 0 aliphatic rings. The van der Waals surface area contributed by atoms with Crippen LogP contribution in [0.5, 0.6) is 0 Å². The number of nitrogens with zero attached hydrogens (tertiary/aromatic N) is 5. The van der Waals surface area contributed by atoms with Crippen LogP contribution in [0.15, 0.2) is 187 Å². The van der Waals surface area contributed by atoms with Crippen molar-refractivity contribution in [3.05, 3.63) is 222 Å². The molecule has 0 bridgehead atoms. The SMILES string of the molecule is O=[N+]([O-])[O-].O=[N+]([O-])[O-].[Fe].[N]=O.[N]=O.c1ccc(P(=N[P+](c2ccccc2)(c2ccccc2)c2ccccc2)(c2ccccc2)c2ccccc2)cc1. The van der Waals surface area contributed by atoms with E-state index >= 15 is 0 Å². The van der Waals surface area contributed by atoms with Gasteiger partial charge in [-0.25, -0.2) is 0 Å². The van der Waals surface area contributed by atoms with E-state index in [0.717, 1.165) is 0 Å². The van der Waals surface area contributed by atoms with Crippen molar-refractivity contribution in [1.82, 2.24) is 11.2 Å². The first-order chi connectivity index (χ1) is 24.8. The number of hydrogen-bond donors (Lipinski definition) is 0. The average Bonchev–Trinajstić information content (AvgIpc) is 3.19. The van der Waals surface area contributed by atoms with Gasteiger partial charge in [0, 0.05) is 33.0 Å². The summed E-state index contributed by atoms with van der Waals surface area (Å²) in [6.07, 6.45) is 0. The molecule has 0 aliphatic carbocycles. The Morgan fingerprint density at radius 1 is 0.404 bits per heavy atom. The van der Waals surface area contributed by atoms with Crippen molar-refractivity contribution < 1.29 is 27.2 Å². The van der Waals surface area contributed by atoms with E-state index in [1.807, 2.05) is 0 Å². The first-order valence-corrected chi connectivity index (χ1v) is 18.1.